The lowest BCUT2D eigenvalue weighted by atomic mass is 10.1. The number of nitrogens with one attached hydrogen (secondary N) is 1. The largest absolute Gasteiger partial charge is 0.284 e. The highest BCUT2D eigenvalue weighted by atomic mass is 35.5. The van der Waals surface area contributed by atoms with Crippen LogP contribution in [0.25, 0.3) is 0 Å². The number of hydrogen-bond acceptors (Lipinski definition) is 3. The molecule has 0 aliphatic carbocycles. The quantitative estimate of drug-likeness (QED) is 0.947. The first-order chi connectivity index (χ1) is 9.60. The van der Waals surface area contributed by atoms with Crippen molar-refractivity contribution in [2.75, 3.05) is 6.54 Å². The molecule has 1 unspecified atom stereocenters. The van der Waals surface area contributed by atoms with Crippen molar-refractivity contribution < 1.29 is 8.42 Å². The smallest absolute Gasteiger partial charge is 0.246 e. The summed E-state index contributed by atoms with van der Waals surface area (Å²) in [5.74, 6) is 0. The van der Waals surface area contributed by atoms with E-state index in [1.807, 2.05) is 18.2 Å². The van der Waals surface area contributed by atoms with Crippen molar-refractivity contribution in [1.82, 2.24) is 14.5 Å². The molecule has 0 amide bonds. The number of sulfonamides is 1. The molecule has 106 valence electrons. The number of rotatable bonds is 3. The normalized spacial score (nSPS) is 20.4. The summed E-state index contributed by atoms with van der Waals surface area (Å²) in [6.07, 6.45) is 4.34. The Kier molecular flexibility index (Phi) is 3.54. The average Bonchev–Trinajstić information content (AvgIpc) is 3.11. The number of hydrogen-bond donors (Lipinski definition) is 1. The van der Waals surface area contributed by atoms with Gasteiger partial charge in [0, 0.05) is 17.8 Å². The Morgan fingerprint density at radius 1 is 1.35 bits per heavy atom. The van der Waals surface area contributed by atoms with Crippen LogP contribution >= 0.6 is 11.6 Å². The molecule has 1 aromatic heterocycles. The maximum Gasteiger partial charge on any atom is 0.246 e. The third-order valence-corrected chi connectivity index (χ3v) is 5.77. The van der Waals surface area contributed by atoms with Crippen LogP contribution in [0.3, 0.4) is 0 Å². The van der Waals surface area contributed by atoms with Gasteiger partial charge in [0.15, 0.2) is 0 Å². The Bertz CT molecular complexity index is 700. The zero-order valence-corrected chi connectivity index (χ0v) is 12.2. The van der Waals surface area contributed by atoms with Crippen molar-refractivity contribution in [3.05, 3.63) is 47.2 Å². The van der Waals surface area contributed by atoms with Crippen LogP contribution < -0.4 is 0 Å². The molecule has 1 N–H and O–H groups in total. The van der Waals surface area contributed by atoms with Crippen LogP contribution in [-0.2, 0) is 10.0 Å². The molecule has 1 aliphatic rings. The van der Waals surface area contributed by atoms with Crippen LogP contribution in [0.1, 0.15) is 24.4 Å². The van der Waals surface area contributed by atoms with Crippen molar-refractivity contribution in [2.45, 2.75) is 23.8 Å². The summed E-state index contributed by atoms with van der Waals surface area (Å²) in [4.78, 5) is 0.191. The Labute approximate surface area is 122 Å². The van der Waals surface area contributed by atoms with E-state index < -0.39 is 10.0 Å². The number of H-pyrrole nitrogens is 1. The Morgan fingerprint density at radius 2 is 2.15 bits per heavy atom. The standard InChI is InChI=1S/C13H14ClN3O2S/c14-12-5-2-1-4-11(12)13-6-3-7-17(13)20(18,19)10-8-15-16-9-10/h1-2,4-5,8-9,13H,3,6-7H2,(H,15,16). The van der Waals surface area contributed by atoms with Crippen molar-refractivity contribution in [1.29, 1.82) is 0 Å². The molecule has 7 heteroatoms. The second-order valence-corrected chi connectivity index (χ2v) is 7.03. The van der Waals surface area contributed by atoms with E-state index in [0.29, 0.717) is 11.6 Å². The molecule has 2 aromatic rings. The van der Waals surface area contributed by atoms with Crippen molar-refractivity contribution >= 4 is 21.6 Å². The minimum Gasteiger partial charge on any atom is -0.284 e. The van der Waals surface area contributed by atoms with Crippen LogP contribution in [0.2, 0.25) is 5.02 Å². The van der Waals surface area contributed by atoms with E-state index in [2.05, 4.69) is 10.2 Å². The van der Waals surface area contributed by atoms with E-state index in [9.17, 15) is 8.42 Å². The molecule has 0 radical (unpaired) electrons. The van der Waals surface area contributed by atoms with Crippen LogP contribution in [0.5, 0.6) is 0 Å². The first-order valence-corrected chi connectivity index (χ1v) is 8.17. The van der Waals surface area contributed by atoms with Gasteiger partial charge in [-0.25, -0.2) is 8.42 Å². The second kappa shape index (κ2) is 5.20. The topological polar surface area (TPSA) is 66.1 Å². The molecule has 5 nitrogen and oxygen atoms in total. The molecule has 0 spiro atoms. The molecular formula is C13H14ClN3O2S. The van der Waals surface area contributed by atoms with Gasteiger partial charge in [-0.15, -0.1) is 0 Å². The van der Waals surface area contributed by atoms with Crippen LogP contribution in [0, 0.1) is 0 Å². The average molecular weight is 312 g/mol. The van der Waals surface area contributed by atoms with Gasteiger partial charge in [0.25, 0.3) is 0 Å². The van der Waals surface area contributed by atoms with E-state index in [-0.39, 0.29) is 10.9 Å². The van der Waals surface area contributed by atoms with Gasteiger partial charge < -0.3 is 0 Å². The second-order valence-electron chi connectivity index (χ2n) is 4.73. The van der Waals surface area contributed by atoms with E-state index in [4.69, 9.17) is 11.6 Å². The van der Waals surface area contributed by atoms with E-state index in [0.717, 1.165) is 18.4 Å². The number of nitrogens with zero attached hydrogens (tertiary/aromatic N) is 2. The zero-order valence-electron chi connectivity index (χ0n) is 10.7. The monoisotopic (exact) mass is 311 g/mol. The molecule has 1 aliphatic heterocycles. The predicted molar refractivity (Wildman–Crippen MR) is 75.9 cm³/mol. The maximum atomic E-state index is 12.6. The van der Waals surface area contributed by atoms with E-state index >= 15 is 0 Å². The van der Waals surface area contributed by atoms with Crippen molar-refractivity contribution in [3.8, 4) is 0 Å². The zero-order chi connectivity index (χ0) is 14.2. The van der Waals surface area contributed by atoms with Crippen molar-refractivity contribution in [2.24, 2.45) is 0 Å². The summed E-state index contributed by atoms with van der Waals surface area (Å²) in [6.45, 7) is 0.503. The van der Waals surface area contributed by atoms with Crippen molar-refractivity contribution in [3.63, 3.8) is 0 Å². The Balaban J connectivity index is 2.00. The van der Waals surface area contributed by atoms with Gasteiger partial charge >= 0.3 is 0 Å². The molecule has 3 rings (SSSR count). The number of benzene rings is 1. The Hall–Kier alpha value is -1.37. The van der Waals surface area contributed by atoms with Gasteiger partial charge in [-0.2, -0.15) is 9.40 Å². The highest BCUT2D eigenvalue weighted by Crippen LogP contribution is 2.38. The first kappa shape index (κ1) is 13.6. The molecule has 2 heterocycles. The maximum absolute atomic E-state index is 12.6. The lowest BCUT2D eigenvalue weighted by Crippen LogP contribution is -2.30. The summed E-state index contributed by atoms with van der Waals surface area (Å²) in [7, 11) is -3.53. The van der Waals surface area contributed by atoms with E-state index in [1.165, 1.54) is 16.7 Å². The fraction of sp³-hybridized carbons (Fsp3) is 0.308. The molecule has 0 saturated carbocycles. The van der Waals surface area contributed by atoms with Gasteiger partial charge in [-0.05, 0) is 24.5 Å². The third-order valence-electron chi connectivity index (χ3n) is 3.55. The molecule has 1 fully saturated rings. The van der Waals surface area contributed by atoms with Gasteiger partial charge in [0.2, 0.25) is 10.0 Å². The summed E-state index contributed by atoms with van der Waals surface area (Å²) in [5, 5.41) is 6.87. The minimum absolute atomic E-state index is 0.191. The molecule has 1 saturated heterocycles. The van der Waals surface area contributed by atoms with Crippen LogP contribution in [-0.4, -0.2) is 29.5 Å². The summed E-state index contributed by atoms with van der Waals surface area (Å²) >= 11 is 6.20. The predicted octanol–water partition coefficient (Wildman–Crippen LogP) is 2.59. The molecule has 0 bridgehead atoms. The molecule has 1 atom stereocenters. The highest BCUT2D eigenvalue weighted by Gasteiger charge is 2.37. The summed E-state index contributed by atoms with van der Waals surface area (Å²) in [6, 6.07) is 7.19. The minimum atomic E-state index is -3.53. The highest BCUT2D eigenvalue weighted by molar-refractivity contribution is 7.89. The summed E-state index contributed by atoms with van der Waals surface area (Å²) < 4.78 is 26.7. The fourth-order valence-corrected chi connectivity index (χ4v) is 4.44. The first-order valence-electron chi connectivity index (χ1n) is 6.36. The molecule has 20 heavy (non-hydrogen) atoms. The molecule has 1 aromatic carbocycles. The third kappa shape index (κ3) is 2.24. The summed E-state index contributed by atoms with van der Waals surface area (Å²) in [5.41, 5.74) is 0.860. The Morgan fingerprint density at radius 3 is 2.85 bits per heavy atom. The van der Waals surface area contributed by atoms with Gasteiger partial charge in [-0.3, -0.25) is 5.10 Å². The van der Waals surface area contributed by atoms with Gasteiger partial charge in [0.1, 0.15) is 4.90 Å². The fourth-order valence-electron chi connectivity index (χ4n) is 2.60. The number of aromatic amines is 1. The van der Waals surface area contributed by atoms with Crippen LogP contribution in [0.4, 0.5) is 0 Å². The number of aromatic nitrogens is 2. The van der Waals surface area contributed by atoms with Crippen LogP contribution in [0.15, 0.2) is 41.6 Å². The SMILES string of the molecule is O=S(=O)(c1cn[nH]c1)N1CCCC1c1ccccc1Cl. The lowest BCUT2D eigenvalue weighted by Gasteiger charge is -2.24. The van der Waals surface area contributed by atoms with Gasteiger partial charge in [-0.1, -0.05) is 29.8 Å². The van der Waals surface area contributed by atoms with Gasteiger partial charge in [0.05, 0.1) is 12.2 Å². The lowest BCUT2D eigenvalue weighted by molar-refractivity contribution is 0.397. The number of halogens is 1. The van der Waals surface area contributed by atoms with E-state index in [1.54, 1.807) is 6.07 Å². The molecular weight excluding hydrogens is 298 g/mol.